The molecule has 0 aromatic heterocycles. The maximum Gasteiger partial charge on any atom is 0.223 e. The van der Waals surface area contributed by atoms with Gasteiger partial charge in [-0.2, -0.15) is 0 Å². The summed E-state index contributed by atoms with van der Waals surface area (Å²) in [5.74, 6) is 1.51. The molecule has 2 heterocycles. The molecular weight excluding hydrogens is 252 g/mol. The van der Waals surface area contributed by atoms with Crippen LogP contribution in [-0.2, 0) is 9.53 Å². The number of carbonyl (C=O) groups excluding carboxylic acids is 1. The standard InChI is InChI=1S/C16H30N2O2/c1-3-14(4-2)15-12-18(9-10-20-15)16(19)11-13-5-7-17-8-6-13/h13-15,17H,3-12H2,1-2H3. The smallest absolute Gasteiger partial charge is 0.223 e. The third kappa shape index (κ3) is 4.19. The quantitative estimate of drug-likeness (QED) is 0.839. The summed E-state index contributed by atoms with van der Waals surface area (Å²) in [6.45, 7) is 8.85. The Bertz CT molecular complexity index is 299. The molecule has 2 aliphatic heterocycles. The number of piperidine rings is 1. The number of hydrogen-bond donors (Lipinski definition) is 1. The van der Waals surface area contributed by atoms with Gasteiger partial charge in [0.15, 0.2) is 0 Å². The van der Waals surface area contributed by atoms with Gasteiger partial charge in [0.2, 0.25) is 5.91 Å². The topological polar surface area (TPSA) is 41.6 Å². The third-order valence-electron chi connectivity index (χ3n) is 4.94. The van der Waals surface area contributed by atoms with Crippen LogP contribution >= 0.6 is 0 Å². The van der Waals surface area contributed by atoms with Crippen LogP contribution in [0.3, 0.4) is 0 Å². The Kier molecular flexibility index (Phi) is 6.30. The molecule has 0 aromatic carbocycles. The van der Waals surface area contributed by atoms with E-state index in [2.05, 4.69) is 24.1 Å². The summed E-state index contributed by atoms with van der Waals surface area (Å²) in [6.07, 6.45) is 5.54. The van der Waals surface area contributed by atoms with Crippen molar-refractivity contribution in [1.29, 1.82) is 0 Å². The second kappa shape index (κ2) is 7.99. The molecule has 2 aliphatic rings. The van der Waals surface area contributed by atoms with Crippen LogP contribution in [0, 0.1) is 11.8 Å². The van der Waals surface area contributed by atoms with Crippen LogP contribution in [0.5, 0.6) is 0 Å². The molecule has 1 atom stereocenters. The molecule has 2 saturated heterocycles. The van der Waals surface area contributed by atoms with E-state index >= 15 is 0 Å². The minimum Gasteiger partial charge on any atom is -0.374 e. The van der Waals surface area contributed by atoms with Crippen LogP contribution in [0.15, 0.2) is 0 Å². The second-order valence-corrected chi connectivity index (χ2v) is 6.22. The molecule has 2 fully saturated rings. The highest BCUT2D eigenvalue weighted by atomic mass is 16.5. The van der Waals surface area contributed by atoms with Gasteiger partial charge in [-0.05, 0) is 37.8 Å². The average Bonchev–Trinajstić information content (AvgIpc) is 2.50. The van der Waals surface area contributed by atoms with Crippen molar-refractivity contribution in [2.24, 2.45) is 11.8 Å². The Morgan fingerprint density at radius 2 is 2.00 bits per heavy atom. The van der Waals surface area contributed by atoms with E-state index in [1.165, 1.54) is 0 Å². The molecule has 1 amide bonds. The molecule has 1 unspecified atom stereocenters. The van der Waals surface area contributed by atoms with Crippen LogP contribution in [0.25, 0.3) is 0 Å². The van der Waals surface area contributed by atoms with Crippen LogP contribution in [-0.4, -0.2) is 49.7 Å². The minimum atomic E-state index is 0.246. The zero-order chi connectivity index (χ0) is 14.4. The van der Waals surface area contributed by atoms with Crippen molar-refractivity contribution < 1.29 is 9.53 Å². The largest absolute Gasteiger partial charge is 0.374 e. The normalized spacial score (nSPS) is 25.1. The molecule has 20 heavy (non-hydrogen) atoms. The van der Waals surface area contributed by atoms with Crippen molar-refractivity contribution in [3.05, 3.63) is 0 Å². The molecule has 1 N–H and O–H groups in total. The lowest BCUT2D eigenvalue weighted by molar-refractivity contribution is -0.142. The van der Waals surface area contributed by atoms with E-state index in [1.807, 2.05) is 0 Å². The Morgan fingerprint density at radius 1 is 1.30 bits per heavy atom. The van der Waals surface area contributed by atoms with Gasteiger partial charge in [0.1, 0.15) is 0 Å². The van der Waals surface area contributed by atoms with Gasteiger partial charge in [-0.25, -0.2) is 0 Å². The Labute approximate surface area is 123 Å². The monoisotopic (exact) mass is 282 g/mol. The molecule has 0 spiro atoms. The fourth-order valence-corrected chi connectivity index (χ4v) is 3.46. The van der Waals surface area contributed by atoms with Gasteiger partial charge in [-0.15, -0.1) is 0 Å². The first-order chi connectivity index (χ1) is 9.74. The van der Waals surface area contributed by atoms with Gasteiger partial charge >= 0.3 is 0 Å². The predicted octanol–water partition coefficient (Wildman–Crippen LogP) is 2.04. The number of rotatable bonds is 5. The average molecular weight is 282 g/mol. The van der Waals surface area contributed by atoms with Gasteiger partial charge in [0.05, 0.1) is 12.7 Å². The van der Waals surface area contributed by atoms with E-state index in [4.69, 9.17) is 4.74 Å². The lowest BCUT2D eigenvalue weighted by Gasteiger charge is -2.37. The van der Waals surface area contributed by atoms with Crippen molar-refractivity contribution in [2.45, 2.75) is 52.1 Å². The molecule has 2 rings (SSSR count). The van der Waals surface area contributed by atoms with E-state index < -0.39 is 0 Å². The van der Waals surface area contributed by atoms with Gasteiger partial charge in [-0.1, -0.05) is 26.7 Å². The zero-order valence-corrected chi connectivity index (χ0v) is 13.1. The van der Waals surface area contributed by atoms with Crippen molar-refractivity contribution in [3.8, 4) is 0 Å². The molecule has 0 bridgehead atoms. The number of hydrogen-bond acceptors (Lipinski definition) is 3. The van der Waals surface area contributed by atoms with E-state index in [9.17, 15) is 4.79 Å². The van der Waals surface area contributed by atoms with E-state index in [0.717, 1.165) is 58.3 Å². The van der Waals surface area contributed by atoms with Crippen LogP contribution < -0.4 is 5.32 Å². The summed E-state index contributed by atoms with van der Waals surface area (Å²) in [5.41, 5.74) is 0. The van der Waals surface area contributed by atoms with Gasteiger partial charge in [0.25, 0.3) is 0 Å². The van der Waals surface area contributed by atoms with E-state index in [0.29, 0.717) is 24.3 Å². The fourth-order valence-electron chi connectivity index (χ4n) is 3.46. The van der Waals surface area contributed by atoms with Crippen molar-refractivity contribution in [1.82, 2.24) is 10.2 Å². The molecule has 0 aliphatic carbocycles. The number of ether oxygens (including phenoxy) is 1. The highest BCUT2D eigenvalue weighted by Crippen LogP contribution is 2.22. The van der Waals surface area contributed by atoms with E-state index in [1.54, 1.807) is 0 Å². The summed E-state index contributed by atoms with van der Waals surface area (Å²) in [6, 6.07) is 0. The predicted molar refractivity (Wildman–Crippen MR) is 80.6 cm³/mol. The number of morpholine rings is 1. The number of nitrogens with zero attached hydrogens (tertiary/aromatic N) is 1. The maximum absolute atomic E-state index is 12.5. The van der Waals surface area contributed by atoms with Crippen molar-refractivity contribution >= 4 is 5.91 Å². The third-order valence-corrected chi connectivity index (χ3v) is 4.94. The maximum atomic E-state index is 12.5. The molecule has 0 saturated carbocycles. The Hall–Kier alpha value is -0.610. The van der Waals surface area contributed by atoms with Gasteiger partial charge in [-0.3, -0.25) is 4.79 Å². The molecule has 116 valence electrons. The zero-order valence-electron chi connectivity index (χ0n) is 13.1. The Morgan fingerprint density at radius 3 is 2.65 bits per heavy atom. The second-order valence-electron chi connectivity index (χ2n) is 6.22. The summed E-state index contributed by atoms with van der Waals surface area (Å²) < 4.78 is 5.89. The van der Waals surface area contributed by atoms with Crippen LogP contribution in [0.1, 0.15) is 46.0 Å². The highest BCUT2D eigenvalue weighted by Gasteiger charge is 2.29. The number of amides is 1. The van der Waals surface area contributed by atoms with Crippen molar-refractivity contribution in [2.75, 3.05) is 32.8 Å². The molecule has 0 aromatic rings. The summed E-state index contributed by atoms with van der Waals surface area (Å²) in [5, 5.41) is 3.36. The summed E-state index contributed by atoms with van der Waals surface area (Å²) in [4.78, 5) is 14.5. The first kappa shape index (κ1) is 15.8. The van der Waals surface area contributed by atoms with Crippen LogP contribution in [0.4, 0.5) is 0 Å². The van der Waals surface area contributed by atoms with Gasteiger partial charge < -0.3 is 15.0 Å². The number of nitrogens with one attached hydrogen (secondary N) is 1. The first-order valence-electron chi connectivity index (χ1n) is 8.34. The lowest BCUT2D eigenvalue weighted by atomic mass is 9.93. The molecule has 4 nitrogen and oxygen atoms in total. The molecule has 0 radical (unpaired) electrons. The van der Waals surface area contributed by atoms with E-state index in [-0.39, 0.29) is 6.10 Å². The Balaban J connectivity index is 1.82. The van der Waals surface area contributed by atoms with Crippen molar-refractivity contribution in [3.63, 3.8) is 0 Å². The minimum absolute atomic E-state index is 0.246. The summed E-state index contributed by atoms with van der Waals surface area (Å²) >= 11 is 0. The summed E-state index contributed by atoms with van der Waals surface area (Å²) in [7, 11) is 0. The number of carbonyl (C=O) groups is 1. The van der Waals surface area contributed by atoms with Gasteiger partial charge in [0, 0.05) is 19.5 Å². The highest BCUT2D eigenvalue weighted by molar-refractivity contribution is 5.76. The molecular formula is C16H30N2O2. The first-order valence-corrected chi connectivity index (χ1v) is 8.34. The SMILES string of the molecule is CCC(CC)C1CN(C(=O)CC2CCNCC2)CCO1. The fraction of sp³-hybridized carbons (Fsp3) is 0.938. The van der Waals surface area contributed by atoms with Crippen LogP contribution in [0.2, 0.25) is 0 Å². The molecule has 4 heteroatoms. The lowest BCUT2D eigenvalue weighted by Crippen LogP contribution is -2.48.